The third kappa shape index (κ3) is 8.60. The first-order valence-corrected chi connectivity index (χ1v) is 10.5. The Morgan fingerprint density at radius 1 is 0.742 bits per heavy atom. The van der Waals surface area contributed by atoms with Gasteiger partial charge in [-0.2, -0.15) is 0 Å². The molecule has 0 bridgehead atoms. The topological polar surface area (TPSA) is 111 Å². The summed E-state index contributed by atoms with van der Waals surface area (Å²) in [5.41, 5.74) is -0.474. The minimum Gasteiger partial charge on any atom is -0.504 e. The summed E-state index contributed by atoms with van der Waals surface area (Å²) in [6.07, 6.45) is 12.6. The van der Waals surface area contributed by atoms with Gasteiger partial charge in [-0.05, 0) is 18.6 Å². The van der Waals surface area contributed by atoms with Gasteiger partial charge in [-0.15, -0.1) is 0 Å². The SMILES string of the molecule is C.CCCCCCCCCCCCc1cc(=O)c(O)c(-c2cc(O)c(O)c(O)c2)o1.[B]. The van der Waals surface area contributed by atoms with Crippen molar-refractivity contribution in [2.75, 3.05) is 0 Å². The molecule has 0 unspecified atom stereocenters. The van der Waals surface area contributed by atoms with Crippen molar-refractivity contribution in [3.8, 4) is 34.3 Å². The molecule has 171 valence electrons. The fourth-order valence-corrected chi connectivity index (χ4v) is 3.38. The maximum Gasteiger partial charge on any atom is 0.227 e. The van der Waals surface area contributed by atoms with E-state index in [2.05, 4.69) is 6.92 Å². The molecule has 7 heteroatoms. The fraction of sp³-hybridized carbons (Fsp3) is 0.542. The number of hydrogen-bond donors (Lipinski definition) is 4. The highest BCUT2D eigenvalue weighted by Crippen LogP contribution is 2.40. The summed E-state index contributed by atoms with van der Waals surface area (Å²) in [7, 11) is 0. The molecule has 0 amide bonds. The van der Waals surface area contributed by atoms with Crippen LogP contribution in [-0.2, 0) is 6.42 Å². The van der Waals surface area contributed by atoms with Crippen molar-refractivity contribution in [2.45, 2.75) is 85.0 Å². The van der Waals surface area contributed by atoms with Gasteiger partial charge in [0.1, 0.15) is 5.76 Å². The minimum atomic E-state index is -0.669. The standard InChI is InChI=1S/C23H32O6.CH4.B/c1-2-3-4-5-6-7-8-9-10-11-12-17-15-20(26)22(28)23(29-17)16-13-18(24)21(27)19(25)14-16;;/h13-15,24-25,27-28H,2-12H2,1H3;1H4;. The van der Waals surface area contributed by atoms with Gasteiger partial charge in [0.2, 0.25) is 11.2 Å². The highest BCUT2D eigenvalue weighted by molar-refractivity contribution is 5.75. The lowest BCUT2D eigenvalue weighted by Gasteiger charge is -2.09. The summed E-state index contributed by atoms with van der Waals surface area (Å²) >= 11 is 0. The molecule has 0 fully saturated rings. The number of aromatic hydroxyl groups is 4. The van der Waals surface area contributed by atoms with Crippen LogP contribution in [0, 0.1) is 0 Å². The van der Waals surface area contributed by atoms with Gasteiger partial charge in [0.15, 0.2) is 23.0 Å². The average Bonchev–Trinajstić information content (AvgIpc) is 2.69. The van der Waals surface area contributed by atoms with Crippen molar-refractivity contribution >= 4 is 8.41 Å². The van der Waals surface area contributed by atoms with E-state index in [1.165, 1.54) is 51.0 Å². The molecular formula is C24H36BO6. The molecule has 31 heavy (non-hydrogen) atoms. The minimum absolute atomic E-state index is 0. The highest BCUT2D eigenvalue weighted by Gasteiger charge is 2.17. The van der Waals surface area contributed by atoms with E-state index in [0.717, 1.165) is 31.4 Å². The first kappa shape index (κ1) is 28.4. The van der Waals surface area contributed by atoms with E-state index in [1.807, 2.05) is 0 Å². The molecule has 2 rings (SSSR count). The van der Waals surface area contributed by atoms with Gasteiger partial charge in [0, 0.05) is 26.5 Å². The molecule has 0 atom stereocenters. The van der Waals surface area contributed by atoms with Crippen LogP contribution in [0.1, 0.15) is 84.3 Å². The lowest BCUT2D eigenvalue weighted by molar-refractivity contribution is 0.367. The molecule has 0 saturated carbocycles. The number of rotatable bonds is 12. The van der Waals surface area contributed by atoms with Crippen LogP contribution in [0.4, 0.5) is 0 Å². The second-order valence-corrected chi connectivity index (χ2v) is 7.55. The maximum atomic E-state index is 12.1. The number of hydrogen-bond acceptors (Lipinski definition) is 6. The van der Waals surface area contributed by atoms with Crippen molar-refractivity contribution in [1.29, 1.82) is 0 Å². The van der Waals surface area contributed by atoms with Gasteiger partial charge in [-0.1, -0.05) is 72.1 Å². The van der Waals surface area contributed by atoms with Crippen molar-refractivity contribution < 1.29 is 24.8 Å². The van der Waals surface area contributed by atoms with E-state index < -0.39 is 28.4 Å². The second kappa shape index (κ2) is 14.4. The molecule has 0 aliphatic heterocycles. The Kier molecular flexibility index (Phi) is 13.2. The molecule has 6 nitrogen and oxygen atoms in total. The smallest absolute Gasteiger partial charge is 0.227 e. The molecule has 0 spiro atoms. The van der Waals surface area contributed by atoms with Crippen LogP contribution >= 0.6 is 0 Å². The number of phenolic OH excluding ortho intramolecular Hbond substituents is 3. The van der Waals surface area contributed by atoms with Gasteiger partial charge < -0.3 is 24.8 Å². The summed E-state index contributed by atoms with van der Waals surface area (Å²) < 4.78 is 5.65. The van der Waals surface area contributed by atoms with E-state index in [-0.39, 0.29) is 27.2 Å². The third-order valence-electron chi connectivity index (χ3n) is 5.08. The summed E-state index contributed by atoms with van der Waals surface area (Å²) in [5.74, 6) is -2.10. The van der Waals surface area contributed by atoms with E-state index in [1.54, 1.807) is 0 Å². The summed E-state index contributed by atoms with van der Waals surface area (Å²) in [5, 5.41) is 38.8. The van der Waals surface area contributed by atoms with Crippen LogP contribution in [0.5, 0.6) is 23.0 Å². The molecule has 1 heterocycles. The predicted molar refractivity (Wildman–Crippen MR) is 125 cm³/mol. The van der Waals surface area contributed by atoms with Gasteiger partial charge in [0.05, 0.1) is 0 Å². The van der Waals surface area contributed by atoms with Crippen LogP contribution in [0.25, 0.3) is 11.3 Å². The Labute approximate surface area is 187 Å². The lowest BCUT2D eigenvalue weighted by Crippen LogP contribution is -2.03. The van der Waals surface area contributed by atoms with Crippen LogP contribution in [-0.4, -0.2) is 28.8 Å². The van der Waals surface area contributed by atoms with Gasteiger partial charge in [-0.3, -0.25) is 4.79 Å². The van der Waals surface area contributed by atoms with Crippen LogP contribution in [0.15, 0.2) is 27.4 Å². The number of aryl methyl sites for hydroxylation is 1. The Morgan fingerprint density at radius 3 is 1.74 bits per heavy atom. The van der Waals surface area contributed by atoms with Gasteiger partial charge in [0.25, 0.3) is 0 Å². The monoisotopic (exact) mass is 431 g/mol. The third-order valence-corrected chi connectivity index (χ3v) is 5.08. The van der Waals surface area contributed by atoms with Gasteiger partial charge >= 0.3 is 0 Å². The quantitative estimate of drug-likeness (QED) is 0.191. The van der Waals surface area contributed by atoms with E-state index in [0.29, 0.717) is 12.2 Å². The van der Waals surface area contributed by atoms with Crippen LogP contribution in [0.2, 0.25) is 0 Å². The molecule has 0 saturated heterocycles. The van der Waals surface area contributed by atoms with Crippen LogP contribution < -0.4 is 5.43 Å². The zero-order valence-electron chi connectivity index (χ0n) is 17.7. The van der Waals surface area contributed by atoms with E-state index in [4.69, 9.17) is 4.42 Å². The highest BCUT2D eigenvalue weighted by atomic mass is 16.4. The molecule has 0 aliphatic rings. The number of benzene rings is 1. The lowest BCUT2D eigenvalue weighted by atomic mass is 10.0. The normalized spacial score (nSPS) is 10.4. The average molecular weight is 431 g/mol. The first-order chi connectivity index (χ1) is 13.9. The Morgan fingerprint density at radius 2 is 1.23 bits per heavy atom. The largest absolute Gasteiger partial charge is 0.504 e. The number of phenols is 3. The van der Waals surface area contributed by atoms with Crippen molar-refractivity contribution in [1.82, 2.24) is 0 Å². The van der Waals surface area contributed by atoms with E-state index >= 15 is 0 Å². The Hall–Kier alpha value is -2.57. The Bertz CT molecular complexity index is 823. The number of unbranched alkanes of at least 4 members (excludes halogenated alkanes) is 9. The zero-order chi connectivity index (χ0) is 21.2. The molecule has 1 aromatic carbocycles. The second-order valence-electron chi connectivity index (χ2n) is 7.55. The summed E-state index contributed by atoms with van der Waals surface area (Å²) in [4.78, 5) is 12.1. The molecular weight excluding hydrogens is 395 g/mol. The molecule has 0 aliphatic carbocycles. The van der Waals surface area contributed by atoms with Crippen molar-refractivity contribution in [3.63, 3.8) is 0 Å². The Balaban J connectivity index is 0.00000450. The van der Waals surface area contributed by atoms with E-state index in [9.17, 15) is 25.2 Å². The zero-order valence-corrected chi connectivity index (χ0v) is 17.7. The van der Waals surface area contributed by atoms with Crippen molar-refractivity contribution in [2.24, 2.45) is 0 Å². The van der Waals surface area contributed by atoms with Crippen LogP contribution in [0.3, 0.4) is 0 Å². The first-order valence-electron chi connectivity index (χ1n) is 10.5. The molecule has 2 aromatic rings. The molecule has 1 aromatic heterocycles. The summed E-state index contributed by atoms with van der Waals surface area (Å²) in [6, 6.07) is 3.52. The maximum absolute atomic E-state index is 12.1. The molecule has 3 radical (unpaired) electrons. The van der Waals surface area contributed by atoms with Gasteiger partial charge in [-0.25, -0.2) is 0 Å². The predicted octanol–water partition coefficient (Wildman–Crippen LogP) is 5.85. The summed E-state index contributed by atoms with van der Waals surface area (Å²) in [6.45, 7) is 2.22. The fourth-order valence-electron chi connectivity index (χ4n) is 3.38. The molecule has 4 N–H and O–H groups in total. The van der Waals surface area contributed by atoms with Crippen molar-refractivity contribution in [3.05, 3.63) is 34.2 Å².